The Balaban J connectivity index is 1.97. The smallest absolute Gasteiger partial charge is 0.366 e. The van der Waals surface area contributed by atoms with Crippen molar-refractivity contribution in [3.8, 4) is 0 Å². The van der Waals surface area contributed by atoms with Crippen molar-refractivity contribution in [2.75, 3.05) is 13.1 Å². The number of hydrogen-bond donors (Lipinski definition) is 0. The first-order valence-electron chi connectivity index (χ1n) is 3.50. The number of halogens is 3. The lowest BCUT2D eigenvalue weighted by atomic mass is 10.4. The summed E-state index contributed by atoms with van der Waals surface area (Å²) >= 11 is 0. The highest BCUT2D eigenvalue weighted by Gasteiger charge is 2.53. The molecule has 0 unspecified atom stereocenters. The SMILES string of the molecule is O=C(N1C[C@@H]2O[C@@H]2C1)C(F)(F)F. The standard InChI is InChI=1S/C6H6F3NO2/c7-6(8,9)5(11)10-1-3-4(2-10)12-3/h3-4H,1-2H2/t3-,4+. The summed E-state index contributed by atoms with van der Waals surface area (Å²) in [5.74, 6) is -1.75. The van der Waals surface area contributed by atoms with Gasteiger partial charge in [0.1, 0.15) is 12.2 Å². The molecule has 3 nitrogen and oxygen atoms in total. The van der Waals surface area contributed by atoms with Crippen LogP contribution in [0.25, 0.3) is 0 Å². The Morgan fingerprint density at radius 2 is 1.83 bits per heavy atom. The van der Waals surface area contributed by atoms with Crippen LogP contribution in [-0.2, 0) is 9.53 Å². The molecule has 0 spiro atoms. The van der Waals surface area contributed by atoms with Gasteiger partial charge in [-0.1, -0.05) is 0 Å². The third kappa shape index (κ3) is 1.16. The number of alkyl halides is 3. The Morgan fingerprint density at radius 1 is 1.33 bits per heavy atom. The van der Waals surface area contributed by atoms with Crippen molar-refractivity contribution < 1.29 is 22.7 Å². The van der Waals surface area contributed by atoms with E-state index in [2.05, 4.69) is 0 Å². The van der Waals surface area contributed by atoms with Gasteiger partial charge in [0.2, 0.25) is 0 Å². The maximum absolute atomic E-state index is 11.8. The molecule has 0 saturated carbocycles. The number of amides is 1. The fourth-order valence-electron chi connectivity index (χ4n) is 1.35. The molecule has 0 bridgehead atoms. The van der Waals surface area contributed by atoms with E-state index in [9.17, 15) is 18.0 Å². The number of ether oxygens (including phenoxy) is 1. The number of epoxide rings is 1. The molecule has 2 atom stereocenters. The van der Waals surface area contributed by atoms with Gasteiger partial charge in [-0.25, -0.2) is 0 Å². The van der Waals surface area contributed by atoms with Gasteiger partial charge in [-0.2, -0.15) is 13.2 Å². The van der Waals surface area contributed by atoms with Crippen molar-refractivity contribution in [1.82, 2.24) is 4.90 Å². The molecule has 0 aromatic rings. The summed E-state index contributed by atoms with van der Waals surface area (Å²) in [4.78, 5) is 11.4. The predicted molar refractivity (Wildman–Crippen MR) is 31.3 cm³/mol. The molecule has 0 aliphatic carbocycles. The van der Waals surface area contributed by atoms with Crippen molar-refractivity contribution in [2.45, 2.75) is 18.4 Å². The predicted octanol–water partition coefficient (Wildman–Crippen LogP) is 0.158. The molecule has 2 aliphatic heterocycles. The van der Waals surface area contributed by atoms with E-state index >= 15 is 0 Å². The van der Waals surface area contributed by atoms with Crippen molar-refractivity contribution in [2.24, 2.45) is 0 Å². The molecule has 68 valence electrons. The molecule has 0 aromatic carbocycles. The van der Waals surface area contributed by atoms with Crippen LogP contribution in [0.15, 0.2) is 0 Å². The first-order valence-corrected chi connectivity index (χ1v) is 3.50. The molecule has 2 saturated heterocycles. The van der Waals surface area contributed by atoms with Crippen LogP contribution in [0.2, 0.25) is 0 Å². The quantitative estimate of drug-likeness (QED) is 0.498. The van der Waals surface area contributed by atoms with E-state index in [0.717, 1.165) is 4.90 Å². The van der Waals surface area contributed by atoms with Crippen LogP contribution in [0.4, 0.5) is 13.2 Å². The van der Waals surface area contributed by atoms with Crippen LogP contribution in [0.5, 0.6) is 0 Å². The number of hydrogen-bond acceptors (Lipinski definition) is 2. The van der Waals surface area contributed by atoms with E-state index in [1.807, 2.05) is 0 Å². The molecule has 2 aliphatic rings. The third-order valence-electron chi connectivity index (χ3n) is 2.02. The van der Waals surface area contributed by atoms with Gasteiger partial charge in [0.15, 0.2) is 0 Å². The van der Waals surface area contributed by atoms with Gasteiger partial charge < -0.3 is 9.64 Å². The number of carbonyl (C=O) groups excluding carboxylic acids is 1. The van der Waals surface area contributed by atoms with Gasteiger partial charge in [-0.05, 0) is 0 Å². The maximum atomic E-state index is 11.8. The normalized spacial score (nSPS) is 33.4. The molecule has 2 heterocycles. The molecule has 0 radical (unpaired) electrons. The Morgan fingerprint density at radius 3 is 2.25 bits per heavy atom. The number of rotatable bonds is 0. The zero-order valence-corrected chi connectivity index (χ0v) is 5.97. The summed E-state index contributed by atoms with van der Waals surface area (Å²) in [5.41, 5.74) is 0. The molecule has 2 fully saturated rings. The van der Waals surface area contributed by atoms with Crippen LogP contribution in [0.1, 0.15) is 0 Å². The van der Waals surface area contributed by atoms with E-state index in [4.69, 9.17) is 4.74 Å². The number of likely N-dealkylation sites (tertiary alicyclic amines) is 1. The first kappa shape index (κ1) is 7.85. The van der Waals surface area contributed by atoms with E-state index < -0.39 is 12.1 Å². The fraction of sp³-hybridized carbons (Fsp3) is 0.833. The summed E-state index contributed by atoms with van der Waals surface area (Å²) in [7, 11) is 0. The second-order valence-electron chi connectivity index (χ2n) is 2.92. The Bertz CT molecular complexity index is 217. The van der Waals surface area contributed by atoms with E-state index in [1.54, 1.807) is 0 Å². The van der Waals surface area contributed by atoms with Crippen LogP contribution >= 0.6 is 0 Å². The minimum atomic E-state index is -4.74. The highest BCUT2D eigenvalue weighted by atomic mass is 19.4. The molecule has 1 amide bonds. The molecule has 6 heteroatoms. The van der Waals surface area contributed by atoms with Crippen molar-refractivity contribution >= 4 is 5.91 Å². The monoisotopic (exact) mass is 181 g/mol. The minimum absolute atomic E-state index is 0.0863. The van der Waals surface area contributed by atoms with Crippen molar-refractivity contribution in [3.63, 3.8) is 0 Å². The van der Waals surface area contributed by atoms with Crippen molar-refractivity contribution in [1.29, 1.82) is 0 Å². The Labute approximate surface area is 66.1 Å². The summed E-state index contributed by atoms with van der Waals surface area (Å²) in [6.07, 6.45) is -5.02. The Kier molecular flexibility index (Phi) is 1.39. The van der Waals surface area contributed by atoms with E-state index in [-0.39, 0.29) is 25.3 Å². The van der Waals surface area contributed by atoms with E-state index in [0.29, 0.717) is 0 Å². The zero-order chi connectivity index (χ0) is 8.93. The number of carbonyl (C=O) groups is 1. The van der Waals surface area contributed by atoms with Crippen LogP contribution in [-0.4, -0.2) is 42.3 Å². The van der Waals surface area contributed by atoms with Gasteiger partial charge in [0, 0.05) is 13.1 Å². The van der Waals surface area contributed by atoms with Gasteiger partial charge >= 0.3 is 12.1 Å². The molecular weight excluding hydrogens is 175 g/mol. The lowest BCUT2D eigenvalue weighted by Crippen LogP contribution is -2.41. The van der Waals surface area contributed by atoms with Gasteiger partial charge in [-0.15, -0.1) is 0 Å². The average Bonchev–Trinajstić information content (AvgIpc) is 2.56. The minimum Gasteiger partial charge on any atom is -0.366 e. The summed E-state index contributed by atoms with van der Waals surface area (Å²) in [6.45, 7) is 0.173. The topological polar surface area (TPSA) is 32.8 Å². The fourth-order valence-corrected chi connectivity index (χ4v) is 1.35. The second kappa shape index (κ2) is 2.12. The third-order valence-corrected chi connectivity index (χ3v) is 2.02. The summed E-state index contributed by atoms with van der Waals surface area (Å²) in [5, 5.41) is 0. The summed E-state index contributed by atoms with van der Waals surface area (Å²) < 4.78 is 40.3. The first-order chi connectivity index (χ1) is 5.48. The largest absolute Gasteiger partial charge is 0.471 e. The maximum Gasteiger partial charge on any atom is 0.471 e. The molecule has 0 aromatic heterocycles. The molecule has 2 rings (SSSR count). The number of nitrogens with zero attached hydrogens (tertiary/aromatic N) is 1. The zero-order valence-electron chi connectivity index (χ0n) is 5.97. The average molecular weight is 181 g/mol. The van der Waals surface area contributed by atoms with Gasteiger partial charge in [0.25, 0.3) is 0 Å². The molecule has 12 heavy (non-hydrogen) atoms. The van der Waals surface area contributed by atoms with Gasteiger partial charge in [0.05, 0.1) is 0 Å². The number of morpholine rings is 1. The lowest BCUT2D eigenvalue weighted by molar-refractivity contribution is -0.185. The van der Waals surface area contributed by atoms with E-state index in [1.165, 1.54) is 0 Å². The van der Waals surface area contributed by atoms with Crippen molar-refractivity contribution in [3.05, 3.63) is 0 Å². The molecular formula is C6H6F3NO2. The van der Waals surface area contributed by atoms with Gasteiger partial charge in [-0.3, -0.25) is 4.79 Å². The highest BCUT2D eigenvalue weighted by Crippen LogP contribution is 2.32. The second-order valence-corrected chi connectivity index (χ2v) is 2.92. The Hall–Kier alpha value is -0.780. The molecule has 0 N–H and O–H groups in total. The van der Waals surface area contributed by atoms with Crippen LogP contribution in [0, 0.1) is 0 Å². The van der Waals surface area contributed by atoms with Crippen LogP contribution < -0.4 is 0 Å². The number of fused-ring (bicyclic) bond motifs is 1. The lowest BCUT2D eigenvalue weighted by Gasteiger charge is -2.18. The highest BCUT2D eigenvalue weighted by molar-refractivity contribution is 5.82. The van der Waals surface area contributed by atoms with Crippen LogP contribution in [0.3, 0.4) is 0 Å². The summed E-state index contributed by atoms with van der Waals surface area (Å²) in [6, 6.07) is 0.